The molecule has 0 atom stereocenters. The van der Waals surface area contributed by atoms with Crippen molar-refractivity contribution in [3.63, 3.8) is 0 Å². The number of benzene rings is 1. The maximum absolute atomic E-state index is 14.4. The number of halogens is 5. The van der Waals surface area contributed by atoms with Crippen LogP contribution in [0, 0.1) is 5.82 Å². The molecule has 10 heteroatoms. The first kappa shape index (κ1) is 25.1. The molecule has 0 spiro atoms. The van der Waals surface area contributed by atoms with Crippen molar-refractivity contribution in [1.82, 2.24) is 4.98 Å². The molecule has 1 fully saturated rings. The van der Waals surface area contributed by atoms with Gasteiger partial charge in [-0.1, -0.05) is 18.5 Å². The number of pyridine rings is 1. The molecule has 1 saturated carbocycles. The molecule has 1 aliphatic rings. The quantitative estimate of drug-likeness (QED) is 0.225. The molecule has 0 aliphatic heterocycles. The lowest BCUT2D eigenvalue weighted by Crippen LogP contribution is -2.27. The van der Waals surface area contributed by atoms with Crippen LogP contribution in [0.2, 0.25) is 5.02 Å². The van der Waals surface area contributed by atoms with E-state index in [0.29, 0.717) is 31.1 Å². The second-order valence-electron chi connectivity index (χ2n) is 7.84. The van der Waals surface area contributed by atoms with Gasteiger partial charge in [0.15, 0.2) is 0 Å². The van der Waals surface area contributed by atoms with E-state index in [1.54, 1.807) is 0 Å². The molecule has 0 saturated heterocycles. The number of hydrogen-bond acceptors (Lipinski definition) is 5. The summed E-state index contributed by atoms with van der Waals surface area (Å²) in [5.74, 6) is -0.488. The lowest BCUT2D eigenvalue weighted by Gasteiger charge is -2.24. The van der Waals surface area contributed by atoms with E-state index in [-0.39, 0.29) is 18.1 Å². The molecule has 5 nitrogen and oxygen atoms in total. The Kier molecular flexibility index (Phi) is 8.05. The average Bonchev–Trinajstić information content (AvgIpc) is 3.59. The van der Waals surface area contributed by atoms with E-state index in [9.17, 15) is 22.4 Å². The standard InChI is InChI=1S/C23H25ClF4N2O3/c1-3-7-30(21-11-18(24)17(13-29-21)23(26,27)28)8-4-9-33-20-12-19(25)16(22(31)32-2)10-15(20)14-5-6-14/h10-14H,3-9H2,1-2H3. The van der Waals surface area contributed by atoms with Gasteiger partial charge in [-0.05, 0) is 49.3 Å². The van der Waals surface area contributed by atoms with E-state index in [2.05, 4.69) is 9.72 Å². The van der Waals surface area contributed by atoms with Crippen LogP contribution in [0.15, 0.2) is 24.4 Å². The summed E-state index contributed by atoms with van der Waals surface area (Å²) in [5, 5.41) is -0.403. The first-order chi connectivity index (χ1) is 15.7. The summed E-state index contributed by atoms with van der Waals surface area (Å²) in [6.07, 6.45) is -0.674. The van der Waals surface area contributed by atoms with Gasteiger partial charge in [0.2, 0.25) is 0 Å². The van der Waals surface area contributed by atoms with Crippen LogP contribution in [0.1, 0.15) is 60.0 Å². The Labute approximate surface area is 194 Å². The molecule has 3 rings (SSSR count). The number of esters is 1. The van der Waals surface area contributed by atoms with Crippen molar-refractivity contribution in [2.45, 2.75) is 44.7 Å². The molecule has 1 aliphatic carbocycles. The molecule has 0 amide bonds. The van der Waals surface area contributed by atoms with Crippen molar-refractivity contribution in [3.8, 4) is 5.75 Å². The van der Waals surface area contributed by atoms with Gasteiger partial charge in [0.25, 0.3) is 0 Å². The second-order valence-corrected chi connectivity index (χ2v) is 8.25. The summed E-state index contributed by atoms with van der Waals surface area (Å²) in [6, 6.07) is 3.92. The molecule has 2 aromatic rings. The number of nitrogens with zero attached hydrogens (tertiary/aromatic N) is 2. The number of carbonyl (C=O) groups excluding carboxylic acids is 1. The van der Waals surface area contributed by atoms with Crippen molar-refractivity contribution >= 4 is 23.4 Å². The van der Waals surface area contributed by atoms with Crippen molar-refractivity contribution in [3.05, 3.63) is 51.9 Å². The SMILES string of the molecule is CCCN(CCCOc1cc(F)c(C(=O)OC)cc1C1CC1)c1cc(Cl)c(C(F)(F)F)cn1. The Balaban J connectivity index is 1.66. The summed E-state index contributed by atoms with van der Waals surface area (Å²) in [4.78, 5) is 17.6. The van der Waals surface area contributed by atoms with Gasteiger partial charge in [-0.2, -0.15) is 13.2 Å². The van der Waals surface area contributed by atoms with Crippen molar-refractivity contribution < 1.29 is 31.8 Å². The summed E-state index contributed by atoms with van der Waals surface area (Å²) in [6.45, 7) is 3.24. The summed E-state index contributed by atoms with van der Waals surface area (Å²) >= 11 is 5.83. The number of rotatable bonds is 10. The zero-order valence-electron chi connectivity index (χ0n) is 18.3. The number of alkyl halides is 3. The molecule has 0 N–H and O–H groups in total. The van der Waals surface area contributed by atoms with Crippen LogP contribution >= 0.6 is 11.6 Å². The highest BCUT2D eigenvalue weighted by atomic mass is 35.5. The first-order valence-electron chi connectivity index (χ1n) is 10.7. The van der Waals surface area contributed by atoms with Crippen LogP contribution in [0.3, 0.4) is 0 Å². The smallest absolute Gasteiger partial charge is 0.419 e. The number of aromatic nitrogens is 1. The molecular formula is C23H25ClF4N2O3. The minimum absolute atomic E-state index is 0.119. The molecule has 1 heterocycles. The monoisotopic (exact) mass is 488 g/mol. The Morgan fingerprint density at radius 2 is 1.97 bits per heavy atom. The van der Waals surface area contributed by atoms with Crippen molar-refractivity contribution in [2.24, 2.45) is 0 Å². The normalized spacial score (nSPS) is 13.7. The summed E-state index contributed by atoms with van der Waals surface area (Å²) < 4.78 is 63.7. The third-order valence-electron chi connectivity index (χ3n) is 5.31. The number of methoxy groups -OCH3 is 1. The average molecular weight is 489 g/mol. The molecule has 1 aromatic heterocycles. The van der Waals surface area contributed by atoms with E-state index in [4.69, 9.17) is 16.3 Å². The molecule has 33 heavy (non-hydrogen) atoms. The second kappa shape index (κ2) is 10.6. The highest BCUT2D eigenvalue weighted by molar-refractivity contribution is 6.31. The summed E-state index contributed by atoms with van der Waals surface area (Å²) in [7, 11) is 1.20. The van der Waals surface area contributed by atoms with Crippen LogP contribution < -0.4 is 9.64 Å². The Morgan fingerprint density at radius 1 is 1.24 bits per heavy atom. The third-order valence-corrected chi connectivity index (χ3v) is 5.63. The number of ether oxygens (including phenoxy) is 2. The van der Waals surface area contributed by atoms with Gasteiger partial charge in [0.05, 0.1) is 29.9 Å². The Morgan fingerprint density at radius 3 is 2.55 bits per heavy atom. The van der Waals surface area contributed by atoms with E-state index < -0.39 is 28.5 Å². The Hall–Kier alpha value is -2.55. The molecule has 0 unspecified atom stereocenters. The van der Waals surface area contributed by atoms with E-state index in [0.717, 1.165) is 31.0 Å². The van der Waals surface area contributed by atoms with Gasteiger partial charge in [0.1, 0.15) is 17.4 Å². The van der Waals surface area contributed by atoms with Crippen LogP contribution in [-0.4, -0.2) is 37.8 Å². The number of carbonyl (C=O) groups is 1. The lowest BCUT2D eigenvalue weighted by molar-refractivity contribution is -0.137. The fraction of sp³-hybridized carbons (Fsp3) is 0.478. The van der Waals surface area contributed by atoms with Gasteiger partial charge in [0, 0.05) is 25.4 Å². The van der Waals surface area contributed by atoms with Crippen molar-refractivity contribution in [1.29, 1.82) is 0 Å². The van der Waals surface area contributed by atoms with Gasteiger partial charge in [-0.15, -0.1) is 0 Å². The first-order valence-corrected chi connectivity index (χ1v) is 11.1. The minimum atomic E-state index is -4.57. The predicted octanol–water partition coefficient (Wildman–Crippen LogP) is 6.24. The molecular weight excluding hydrogens is 464 g/mol. The van der Waals surface area contributed by atoms with Gasteiger partial charge >= 0.3 is 12.1 Å². The topological polar surface area (TPSA) is 51.7 Å². The third kappa shape index (κ3) is 6.28. The maximum Gasteiger partial charge on any atom is 0.419 e. The maximum atomic E-state index is 14.4. The van der Waals surface area contributed by atoms with Crippen LogP contribution in [0.4, 0.5) is 23.4 Å². The summed E-state index contributed by atoms with van der Waals surface area (Å²) in [5.41, 5.74) is -0.317. The molecule has 180 valence electrons. The van der Waals surface area contributed by atoms with Crippen LogP contribution in [0.25, 0.3) is 0 Å². The van der Waals surface area contributed by atoms with Crippen LogP contribution in [0.5, 0.6) is 5.75 Å². The number of anilines is 1. The lowest BCUT2D eigenvalue weighted by atomic mass is 10.0. The predicted molar refractivity (Wildman–Crippen MR) is 117 cm³/mol. The Bertz CT molecular complexity index is 996. The minimum Gasteiger partial charge on any atom is -0.493 e. The van der Waals surface area contributed by atoms with Gasteiger partial charge in [-0.25, -0.2) is 14.2 Å². The fourth-order valence-electron chi connectivity index (χ4n) is 3.53. The molecule has 0 radical (unpaired) electrons. The largest absolute Gasteiger partial charge is 0.493 e. The van der Waals surface area contributed by atoms with Gasteiger partial charge in [-0.3, -0.25) is 0 Å². The van der Waals surface area contributed by atoms with Crippen LogP contribution in [-0.2, 0) is 10.9 Å². The van der Waals surface area contributed by atoms with E-state index >= 15 is 0 Å². The fourth-order valence-corrected chi connectivity index (χ4v) is 3.78. The van der Waals surface area contributed by atoms with E-state index in [1.807, 2.05) is 11.8 Å². The molecule has 1 aromatic carbocycles. The van der Waals surface area contributed by atoms with Crippen molar-refractivity contribution in [2.75, 3.05) is 31.7 Å². The highest BCUT2D eigenvalue weighted by Gasteiger charge is 2.34. The zero-order chi connectivity index (χ0) is 24.2. The van der Waals surface area contributed by atoms with E-state index in [1.165, 1.54) is 25.3 Å². The number of hydrogen-bond donors (Lipinski definition) is 0. The zero-order valence-corrected chi connectivity index (χ0v) is 19.1. The highest BCUT2D eigenvalue weighted by Crippen LogP contribution is 2.45. The van der Waals surface area contributed by atoms with Gasteiger partial charge < -0.3 is 14.4 Å². The molecule has 0 bridgehead atoms.